The van der Waals surface area contributed by atoms with E-state index in [1.165, 1.54) is 6.92 Å². The van der Waals surface area contributed by atoms with Crippen LogP contribution in [0.4, 0.5) is 5.69 Å². The minimum Gasteiger partial charge on any atom is -0.464 e. The number of fused-ring (bicyclic) bond motifs is 1. The van der Waals surface area contributed by atoms with Gasteiger partial charge in [0, 0.05) is 22.2 Å². The number of aryl methyl sites for hydroxylation is 2. The highest BCUT2D eigenvalue weighted by Gasteiger charge is 2.15. The maximum Gasteiger partial charge on any atom is 0.310 e. The number of ether oxygens (including phenoxy) is 1. The summed E-state index contributed by atoms with van der Waals surface area (Å²) in [6, 6.07) is 10.4. The molecule has 3 aromatic rings. The van der Waals surface area contributed by atoms with Gasteiger partial charge in [-0.3, -0.25) is 14.4 Å². The molecule has 0 saturated heterocycles. The van der Waals surface area contributed by atoms with Crippen molar-refractivity contribution in [2.75, 3.05) is 11.9 Å². The molecule has 0 radical (unpaired) electrons. The second-order valence-corrected chi connectivity index (χ2v) is 6.66. The van der Waals surface area contributed by atoms with Crippen molar-refractivity contribution in [2.24, 2.45) is 0 Å². The first-order valence-electron chi connectivity index (χ1n) is 8.88. The van der Waals surface area contributed by atoms with Crippen LogP contribution in [0.25, 0.3) is 11.0 Å². The number of rotatable bonds is 6. The van der Waals surface area contributed by atoms with Gasteiger partial charge in [0.25, 0.3) is 5.91 Å². The molecule has 28 heavy (non-hydrogen) atoms. The van der Waals surface area contributed by atoms with Gasteiger partial charge in [0.15, 0.2) is 12.4 Å². The Morgan fingerprint density at radius 1 is 1.04 bits per heavy atom. The lowest BCUT2D eigenvalue weighted by molar-refractivity contribution is -0.146. The number of anilines is 1. The number of hydrogen-bond donors (Lipinski definition) is 1. The van der Waals surface area contributed by atoms with E-state index in [1.807, 2.05) is 26.0 Å². The molecule has 0 atom stereocenters. The standard InChI is InChI=1S/C22H21NO5/c1-13-4-9-19-17(11-28-22(19)14(13)2)10-21(26)27-12-20(25)23-18-7-5-16(6-8-18)15(3)24/h4-9,11H,10,12H2,1-3H3,(H,23,25). The molecule has 1 N–H and O–H groups in total. The van der Waals surface area contributed by atoms with Crippen LogP contribution in [0.5, 0.6) is 0 Å². The quantitative estimate of drug-likeness (QED) is 0.517. The zero-order valence-electron chi connectivity index (χ0n) is 16.0. The van der Waals surface area contributed by atoms with Gasteiger partial charge in [0.05, 0.1) is 12.7 Å². The first-order chi connectivity index (χ1) is 13.3. The molecule has 1 amide bonds. The summed E-state index contributed by atoms with van der Waals surface area (Å²) in [7, 11) is 0. The van der Waals surface area contributed by atoms with Crippen molar-refractivity contribution in [3.05, 3.63) is 64.9 Å². The average Bonchev–Trinajstić information content (AvgIpc) is 3.07. The molecule has 0 aliphatic heterocycles. The van der Waals surface area contributed by atoms with E-state index in [1.54, 1.807) is 30.5 Å². The van der Waals surface area contributed by atoms with E-state index in [4.69, 9.17) is 9.15 Å². The van der Waals surface area contributed by atoms with E-state index in [0.717, 1.165) is 27.7 Å². The number of Topliss-reactive ketones (excluding diaryl/α,β-unsaturated/α-hetero) is 1. The van der Waals surface area contributed by atoms with Gasteiger partial charge in [0.2, 0.25) is 0 Å². The van der Waals surface area contributed by atoms with E-state index in [2.05, 4.69) is 5.32 Å². The minimum absolute atomic E-state index is 0.0239. The Kier molecular flexibility index (Phi) is 5.59. The third-order valence-electron chi connectivity index (χ3n) is 4.62. The van der Waals surface area contributed by atoms with E-state index in [9.17, 15) is 14.4 Å². The van der Waals surface area contributed by atoms with Gasteiger partial charge in [-0.25, -0.2) is 0 Å². The Labute approximate surface area is 162 Å². The number of ketones is 1. The number of carbonyl (C=O) groups is 3. The molecule has 1 heterocycles. The van der Waals surface area contributed by atoms with Crippen LogP contribution in [0.15, 0.2) is 47.1 Å². The number of furan rings is 1. The van der Waals surface area contributed by atoms with Crippen LogP contribution in [-0.2, 0) is 20.7 Å². The largest absolute Gasteiger partial charge is 0.464 e. The molecule has 6 nitrogen and oxygen atoms in total. The van der Waals surface area contributed by atoms with Crippen LogP contribution in [0, 0.1) is 13.8 Å². The summed E-state index contributed by atoms with van der Waals surface area (Å²) < 4.78 is 10.6. The molecule has 144 valence electrons. The van der Waals surface area contributed by atoms with Crippen LogP contribution in [0.3, 0.4) is 0 Å². The van der Waals surface area contributed by atoms with Crippen LogP contribution in [0.1, 0.15) is 34.0 Å². The van der Waals surface area contributed by atoms with Crippen LogP contribution < -0.4 is 5.32 Å². The second-order valence-electron chi connectivity index (χ2n) is 6.66. The molecule has 6 heteroatoms. The van der Waals surface area contributed by atoms with Gasteiger partial charge >= 0.3 is 5.97 Å². The molecule has 0 spiro atoms. The Balaban J connectivity index is 1.55. The van der Waals surface area contributed by atoms with E-state index in [-0.39, 0.29) is 18.8 Å². The predicted octanol–water partition coefficient (Wildman–Crippen LogP) is 3.98. The van der Waals surface area contributed by atoms with Gasteiger partial charge in [-0.05, 0) is 56.2 Å². The highest BCUT2D eigenvalue weighted by atomic mass is 16.5. The Morgan fingerprint density at radius 3 is 2.43 bits per heavy atom. The zero-order chi connectivity index (χ0) is 20.3. The first kappa shape index (κ1) is 19.4. The normalized spacial score (nSPS) is 10.7. The summed E-state index contributed by atoms with van der Waals surface area (Å²) in [5.74, 6) is -1.01. The van der Waals surface area contributed by atoms with Crippen molar-refractivity contribution in [3.8, 4) is 0 Å². The second kappa shape index (κ2) is 8.08. The molecule has 0 aliphatic carbocycles. The molecule has 0 unspecified atom stereocenters. The van der Waals surface area contributed by atoms with Crippen molar-refractivity contribution in [1.29, 1.82) is 0 Å². The number of hydrogen-bond acceptors (Lipinski definition) is 5. The van der Waals surface area contributed by atoms with E-state index >= 15 is 0 Å². The topological polar surface area (TPSA) is 85.6 Å². The lowest BCUT2D eigenvalue weighted by Crippen LogP contribution is -2.21. The maximum absolute atomic E-state index is 12.1. The summed E-state index contributed by atoms with van der Waals surface area (Å²) in [4.78, 5) is 35.3. The summed E-state index contributed by atoms with van der Waals surface area (Å²) in [5, 5.41) is 3.49. The molecule has 0 aliphatic rings. The summed E-state index contributed by atoms with van der Waals surface area (Å²) in [6.45, 7) is 5.05. The Bertz CT molecular complexity index is 1050. The fraction of sp³-hybridized carbons (Fsp3) is 0.227. The van der Waals surface area contributed by atoms with E-state index < -0.39 is 11.9 Å². The van der Waals surface area contributed by atoms with Crippen LogP contribution in [0.2, 0.25) is 0 Å². The third-order valence-corrected chi connectivity index (χ3v) is 4.62. The Hall–Kier alpha value is -3.41. The van der Waals surface area contributed by atoms with E-state index in [0.29, 0.717) is 11.3 Å². The van der Waals surface area contributed by atoms with Gasteiger partial charge in [-0.2, -0.15) is 0 Å². The summed E-state index contributed by atoms with van der Waals surface area (Å²) in [5.41, 5.74) is 4.72. The number of benzene rings is 2. The fourth-order valence-electron chi connectivity index (χ4n) is 2.86. The van der Waals surface area contributed by atoms with Crippen molar-refractivity contribution < 1.29 is 23.5 Å². The highest BCUT2D eigenvalue weighted by molar-refractivity contribution is 5.96. The molecule has 3 rings (SSSR count). The molecular weight excluding hydrogens is 358 g/mol. The molecule has 2 aromatic carbocycles. The lowest BCUT2D eigenvalue weighted by atomic mass is 10.0. The van der Waals surface area contributed by atoms with Crippen LogP contribution >= 0.6 is 0 Å². The fourth-order valence-corrected chi connectivity index (χ4v) is 2.86. The minimum atomic E-state index is -0.511. The summed E-state index contributed by atoms with van der Waals surface area (Å²) >= 11 is 0. The first-order valence-corrected chi connectivity index (χ1v) is 8.88. The SMILES string of the molecule is CC(=O)c1ccc(NC(=O)COC(=O)Cc2coc3c(C)c(C)ccc23)cc1. The van der Waals surface area contributed by atoms with Crippen molar-refractivity contribution in [1.82, 2.24) is 0 Å². The Morgan fingerprint density at radius 2 is 1.75 bits per heavy atom. The van der Waals surface area contributed by atoms with Gasteiger partial charge in [0.1, 0.15) is 5.58 Å². The van der Waals surface area contributed by atoms with Gasteiger partial charge in [-0.15, -0.1) is 0 Å². The molecule has 0 bridgehead atoms. The predicted molar refractivity (Wildman–Crippen MR) is 105 cm³/mol. The van der Waals surface area contributed by atoms with Crippen LogP contribution in [-0.4, -0.2) is 24.3 Å². The number of esters is 1. The maximum atomic E-state index is 12.1. The molecule has 1 aromatic heterocycles. The number of amides is 1. The molecule has 0 saturated carbocycles. The highest BCUT2D eigenvalue weighted by Crippen LogP contribution is 2.26. The average molecular weight is 379 g/mol. The zero-order valence-corrected chi connectivity index (χ0v) is 16.0. The lowest BCUT2D eigenvalue weighted by Gasteiger charge is -2.07. The van der Waals surface area contributed by atoms with Crippen molar-refractivity contribution in [2.45, 2.75) is 27.2 Å². The number of nitrogens with one attached hydrogen (secondary N) is 1. The molecular formula is C22H21NO5. The third kappa shape index (κ3) is 4.28. The van der Waals surface area contributed by atoms with Crippen molar-refractivity contribution >= 4 is 34.3 Å². The van der Waals surface area contributed by atoms with Gasteiger partial charge < -0.3 is 14.5 Å². The molecule has 0 fully saturated rings. The summed E-state index contributed by atoms with van der Waals surface area (Å²) in [6.07, 6.45) is 1.57. The smallest absolute Gasteiger partial charge is 0.310 e. The van der Waals surface area contributed by atoms with Gasteiger partial charge in [-0.1, -0.05) is 12.1 Å². The monoisotopic (exact) mass is 379 g/mol. The van der Waals surface area contributed by atoms with Crippen molar-refractivity contribution in [3.63, 3.8) is 0 Å². The number of carbonyl (C=O) groups excluding carboxylic acids is 3.